The summed E-state index contributed by atoms with van der Waals surface area (Å²) in [6, 6.07) is 14.3. The Morgan fingerprint density at radius 1 is 0.889 bits per heavy atom. The van der Waals surface area contributed by atoms with Gasteiger partial charge in [0.15, 0.2) is 13.6 Å². The molecule has 1 saturated carbocycles. The van der Waals surface area contributed by atoms with E-state index in [1.165, 1.54) is 30.4 Å². The van der Waals surface area contributed by atoms with Gasteiger partial charge in [-0.3, -0.25) is 0 Å². The van der Waals surface area contributed by atoms with Crippen LogP contribution in [0.1, 0.15) is 42.4 Å². The largest absolute Gasteiger partial charge is 0.485 e. The Kier molecular flexibility index (Phi) is 5.50. The summed E-state index contributed by atoms with van der Waals surface area (Å²) in [7, 11) is 3.25. The minimum Gasteiger partial charge on any atom is -0.485 e. The molecule has 1 aliphatic carbocycles. The molecule has 4 rings (SSSR count). The summed E-state index contributed by atoms with van der Waals surface area (Å²) in [6.45, 7) is 0.513. The van der Waals surface area contributed by atoms with E-state index in [1.54, 1.807) is 14.2 Å². The van der Waals surface area contributed by atoms with Crippen LogP contribution in [-0.4, -0.2) is 27.8 Å². The molecule has 0 radical (unpaired) electrons. The fourth-order valence-corrected chi connectivity index (χ4v) is 4.30. The molecule has 5 nitrogen and oxygen atoms in total. The van der Waals surface area contributed by atoms with Gasteiger partial charge in [0.25, 0.3) is 0 Å². The van der Waals surface area contributed by atoms with Crippen molar-refractivity contribution in [2.75, 3.05) is 27.8 Å². The zero-order chi connectivity index (χ0) is 18.6. The Bertz CT molecular complexity index is 758. The second-order valence-electron chi connectivity index (χ2n) is 7.11. The molecule has 0 amide bonds. The predicted molar refractivity (Wildman–Crippen MR) is 101 cm³/mol. The number of hydrogen-bond acceptors (Lipinski definition) is 5. The molecule has 2 aliphatic rings. The lowest BCUT2D eigenvalue weighted by atomic mass is 9.80. The highest BCUT2D eigenvalue weighted by Crippen LogP contribution is 2.54. The minimum absolute atomic E-state index is 0.0761. The molecule has 0 spiro atoms. The van der Waals surface area contributed by atoms with Gasteiger partial charge >= 0.3 is 0 Å². The SMILES string of the molecule is COCOc1ccc([C@@H]2Oc3ccc(OCOC)cc3[C@@H]3CCC[C@@H]32)cc1. The summed E-state index contributed by atoms with van der Waals surface area (Å²) in [4.78, 5) is 0. The van der Waals surface area contributed by atoms with Crippen molar-refractivity contribution in [3.05, 3.63) is 53.6 Å². The molecule has 0 aromatic heterocycles. The maximum absolute atomic E-state index is 6.46. The lowest BCUT2D eigenvalue weighted by Crippen LogP contribution is -2.26. The van der Waals surface area contributed by atoms with Gasteiger partial charge in [-0.25, -0.2) is 0 Å². The average molecular weight is 370 g/mol. The Balaban J connectivity index is 1.58. The number of ether oxygens (including phenoxy) is 5. The molecule has 27 heavy (non-hydrogen) atoms. The van der Waals surface area contributed by atoms with Crippen LogP contribution >= 0.6 is 0 Å². The Morgan fingerprint density at radius 3 is 2.33 bits per heavy atom. The Morgan fingerprint density at radius 2 is 1.59 bits per heavy atom. The highest BCUT2D eigenvalue weighted by molar-refractivity contribution is 5.46. The molecule has 0 N–H and O–H groups in total. The van der Waals surface area contributed by atoms with E-state index in [1.807, 2.05) is 24.3 Å². The fourth-order valence-electron chi connectivity index (χ4n) is 4.30. The van der Waals surface area contributed by atoms with E-state index < -0.39 is 0 Å². The van der Waals surface area contributed by atoms with E-state index in [2.05, 4.69) is 18.2 Å². The monoisotopic (exact) mass is 370 g/mol. The molecule has 1 fully saturated rings. The lowest BCUT2D eigenvalue weighted by Gasteiger charge is -2.36. The highest BCUT2D eigenvalue weighted by atomic mass is 16.7. The van der Waals surface area contributed by atoms with Crippen LogP contribution in [0.15, 0.2) is 42.5 Å². The van der Waals surface area contributed by atoms with Crippen LogP contribution in [-0.2, 0) is 9.47 Å². The van der Waals surface area contributed by atoms with Gasteiger partial charge in [0.1, 0.15) is 23.4 Å². The van der Waals surface area contributed by atoms with Crippen molar-refractivity contribution in [3.8, 4) is 17.2 Å². The van der Waals surface area contributed by atoms with E-state index >= 15 is 0 Å². The maximum Gasteiger partial charge on any atom is 0.188 e. The molecule has 0 unspecified atom stereocenters. The van der Waals surface area contributed by atoms with Crippen molar-refractivity contribution < 1.29 is 23.7 Å². The number of benzene rings is 2. The fraction of sp³-hybridized carbons (Fsp3) is 0.455. The van der Waals surface area contributed by atoms with Crippen molar-refractivity contribution in [2.24, 2.45) is 5.92 Å². The van der Waals surface area contributed by atoms with Crippen LogP contribution in [0.4, 0.5) is 0 Å². The molecule has 0 saturated heterocycles. The smallest absolute Gasteiger partial charge is 0.188 e. The minimum atomic E-state index is 0.0761. The molecular weight excluding hydrogens is 344 g/mol. The van der Waals surface area contributed by atoms with Crippen molar-refractivity contribution in [1.82, 2.24) is 0 Å². The topological polar surface area (TPSA) is 46.2 Å². The predicted octanol–water partition coefficient (Wildman–Crippen LogP) is 4.67. The molecular formula is C22H26O5. The first-order valence-electron chi connectivity index (χ1n) is 9.44. The van der Waals surface area contributed by atoms with Gasteiger partial charge < -0.3 is 23.7 Å². The molecule has 0 bridgehead atoms. The first-order chi connectivity index (χ1) is 13.3. The van der Waals surface area contributed by atoms with Gasteiger partial charge in [0.05, 0.1) is 0 Å². The standard InChI is InChI=1S/C22H26O5/c1-23-13-25-16-8-6-15(7-9-16)22-19-5-3-4-18(19)20-12-17(26-14-24-2)10-11-21(20)27-22/h6-12,18-19,22H,3-5,13-14H2,1-2H3/t18-,19+,22+/m1/s1. The van der Waals surface area contributed by atoms with E-state index in [-0.39, 0.29) is 19.7 Å². The Hall–Kier alpha value is -2.24. The molecule has 2 aromatic rings. The van der Waals surface area contributed by atoms with E-state index in [0.29, 0.717) is 11.8 Å². The van der Waals surface area contributed by atoms with E-state index in [0.717, 1.165) is 17.2 Å². The number of methoxy groups -OCH3 is 2. The third-order valence-electron chi connectivity index (χ3n) is 5.49. The molecule has 1 heterocycles. The normalized spacial score (nSPS) is 23.3. The number of rotatable bonds is 7. The molecule has 1 aliphatic heterocycles. The highest BCUT2D eigenvalue weighted by Gasteiger charge is 2.42. The van der Waals surface area contributed by atoms with Crippen molar-refractivity contribution >= 4 is 0 Å². The van der Waals surface area contributed by atoms with Gasteiger partial charge in [0, 0.05) is 25.7 Å². The van der Waals surface area contributed by atoms with Crippen LogP contribution in [0.3, 0.4) is 0 Å². The van der Waals surface area contributed by atoms with Crippen LogP contribution < -0.4 is 14.2 Å². The second-order valence-corrected chi connectivity index (χ2v) is 7.11. The van der Waals surface area contributed by atoms with Gasteiger partial charge in [-0.1, -0.05) is 18.6 Å². The summed E-state index contributed by atoms with van der Waals surface area (Å²) in [5.74, 6) is 3.60. The first kappa shape index (κ1) is 18.1. The van der Waals surface area contributed by atoms with Gasteiger partial charge in [-0.15, -0.1) is 0 Å². The van der Waals surface area contributed by atoms with E-state index in [9.17, 15) is 0 Å². The number of fused-ring (bicyclic) bond motifs is 3. The first-order valence-corrected chi connectivity index (χ1v) is 9.44. The summed E-state index contributed by atoms with van der Waals surface area (Å²) in [6.07, 6.45) is 3.68. The molecule has 5 heteroatoms. The average Bonchev–Trinajstić information content (AvgIpc) is 3.21. The molecule has 2 aromatic carbocycles. The number of hydrogen-bond donors (Lipinski definition) is 0. The summed E-state index contributed by atoms with van der Waals surface area (Å²) >= 11 is 0. The van der Waals surface area contributed by atoms with Crippen molar-refractivity contribution in [3.63, 3.8) is 0 Å². The third kappa shape index (κ3) is 3.75. The zero-order valence-electron chi connectivity index (χ0n) is 15.9. The molecule has 3 atom stereocenters. The van der Waals surface area contributed by atoms with Gasteiger partial charge in [-0.2, -0.15) is 0 Å². The van der Waals surface area contributed by atoms with Crippen molar-refractivity contribution in [1.29, 1.82) is 0 Å². The summed E-state index contributed by atoms with van der Waals surface area (Å²) < 4.78 is 27.6. The third-order valence-corrected chi connectivity index (χ3v) is 5.49. The van der Waals surface area contributed by atoms with Gasteiger partial charge in [-0.05, 0) is 54.7 Å². The molecule has 144 valence electrons. The second kappa shape index (κ2) is 8.19. The summed E-state index contributed by atoms with van der Waals surface area (Å²) in [5.41, 5.74) is 2.46. The quantitative estimate of drug-likeness (QED) is 0.663. The lowest BCUT2D eigenvalue weighted by molar-refractivity contribution is 0.0502. The van der Waals surface area contributed by atoms with Crippen LogP contribution in [0.2, 0.25) is 0 Å². The van der Waals surface area contributed by atoms with Crippen LogP contribution in [0, 0.1) is 5.92 Å². The van der Waals surface area contributed by atoms with Gasteiger partial charge in [0.2, 0.25) is 0 Å². The van der Waals surface area contributed by atoms with Crippen molar-refractivity contribution in [2.45, 2.75) is 31.3 Å². The Labute approximate surface area is 160 Å². The maximum atomic E-state index is 6.46. The van der Waals surface area contributed by atoms with Crippen LogP contribution in [0.5, 0.6) is 17.2 Å². The zero-order valence-corrected chi connectivity index (χ0v) is 15.9. The van der Waals surface area contributed by atoms with E-state index in [4.69, 9.17) is 23.7 Å². The summed E-state index contributed by atoms with van der Waals surface area (Å²) in [5, 5.41) is 0. The van der Waals surface area contributed by atoms with Crippen LogP contribution in [0.25, 0.3) is 0 Å².